The molecule has 3 unspecified atom stereocenters. The number of rotatable bonds is 2. The van der Waals surface area contributed by atoms with Crippen LogP contribution in [0.15, 0.2) is 12.2 Å². The van der Waals surface area contributed by atoms with Crippen molar-refractivity contribution in [1.29, 1.82) is 0 Å². The van der Waals surface area contributed by atoms with Crippen LogP contribution in [0.3, 0.4) is 0 Å². The van der Waals surface area contributed by atoms with Gasteiger partial charge in [0.1, 0.15) is 0 Å². The molecule has 2 heterocycles. The van der Waals surface area contributed by atoms with Crippen molar-refractivity contribution in [1.82, 2.24) is 10.6 Å². The molecular weight excluding hydrogens is 176 g/mol. The second-order valence-corrected chi connectivity index (χ2v) is 4.54. The Bertz CT molecular complexity index is 219. The second kappa shape index (κ2) is 4.01. The minimum absolute atomic E-state index is 0.109. The number of hydrogen-bond donors (Lipinski definition) is 3. The van der Waals surface area contributed by atoms with Gasteiger partial charge in [0.25, 0.3) is 0 Å². The van der Waals surface area contributed by atoms with Crippen LogP contribution in [0.1, 0.15) is 26.2 Å². The first-order valence-electron chi connectivity index (χ1n) is 5.57. The fourth-order valence-electron chi connectivity index (χ4n) is 2.44. The Hall–Kier alpha value is -0.380. The molecule has 0 aromatic rings. The highest BCUT2D eigenvalue weighted by atomic mass is 16.3. The molecule has 0 saturated carbocycles. The third kappa shape index (κ3) is 1.85. The van der Waals surface area contributed by atoms with Crippen LogP contribution in [0, 0.1) is 0 Å². The molecule has 0 amide bonds. The number of nitrogens with one attached hydrogen (secondary N) is 2. The monoisotopic (exact) mass is 196 g/mol. The first-order valence-corrected chi connectivity index (χ1v) is 5.57. The topological polar surface area (TPSA) is 44.3 Å². The molecule has 3 heteroatoms. The van der Waals surface area contributed by atoms with Crippen LogP contribution in [0.4, 0.5) is 0 Å². The van der Waals surface area contributed by atoms with E-state index < -0.39 is 5.60 Å². The fourth-order valence-corrected chi connectivity index (χ4v) is 2.44. The molecule has 0 aliphatic carbocycles. The van der Waals surface area contributed by atoms with E-state index in [0.29, 0.717) is 0 Å². The molecule has 0 radical (unpaired) electrons. The lowest BCUT2D eigenvalue weighted by atomic mass is 9.84. The number of hydrogen-bond acceptors (Lipinski definition) is 3. The standard InChI is InChI=1S/C11H20N2O/c1-11(14,10-6-4-8-13-10)9-5-2-3-7-12-9/h4,6,9-10,12-14H,2-3,5,7-8H2,1H3. The van der Waals surface area contributed by atoms with Crippen LogP contribution in [0.25, 0.3) is 0 Å². The highest BCUT2D eigenvalue weighted by Gasteiger charge is 2.39. The van der Waals surface area contributed by atoms with E-state index in [9.17, 15) is 5.11 Å². The third-order valence-electron chi connectivity index (χ3n) is 3.43. The van der Waals surface area contributed by atoms with Gasteiger partial charge in [-0.3, -0.25) is 0 Å². The van der Waals surface area contributed by atoms with E-state index in [1.807, 2.05) is 6.92 Å². The van der Waals surface area contributed by atoms with Crippen molar-refractivity contribution in [2.24, 2.45) is 0 Å². The molecule has 2 aliphatic rings. The van der Waals surface area contributed by atoms with Crippen LogP contribution in [-0.2, 0) is 0 Å². The van der Waals surface area contributed by atoms with E-state index in [1.165, 1.54) is 12.8 Å². The normalized spacial score (nSPS) is 37.0. The zero-order valence-corrected chi connectivity index (χ0v) is 8.79. The van der Waals surface area contributed by atoms with Crippen molar-refractivity contribution in [2.75, 3.05) is 13.1 Å². The molecular formula is C11H20N2O. The van der Waals surface area contributed by atoms with Crippen LogP contribution >= 0.6 is 0 Å². The minimum Gasteiger partial charge on any atom is -0.387 e. The van der Waals surface area contributed by atoms with Gasteiger partial charge in [-0.25, -0.2) is 0 Å². The molecule has 14 heavy (non-hydrogen) atoms. The van der Waals surface area contributed by atoms with Gasteiger partial charge in [0.2, 0.25) is 0 Å². The van der Waals surface area contributed by atoms with Gasteiger partial charge >= 0.3 is 0 Å². The van der Waals surface area contributed by atoms with Crippen molar-refractivity contribution in [3.8, 4) is 0 Å². The van der Waals surface area contributed by atoms with Crippen molar-refractivity contribution in [3.63, 3.8) is 0 Å². The molecule has 0 bridgehead atoms. The molecule has 1 fully saturated rings. The summed E-state index contributed by atoms with van der Waals surface area (Å²) in [7, 11) is 0. The van der Waals surface area contributed by atoms with Gasteiger partial charge in [0, 0.05) is 12.6 Å². The molecule has 80 valence electrons. The molecule has 0 spiro atoms. The summed E-state index contributed by atoms with van der Waals surface area (Å²) in [6, 6.07) is 0.342. The van der Waals surface area contributed by atoms with Crippen molar-refractivity contribution < 1.29 is 5.11 Å². The summed E-state index contributed by atoms with van der Waals surface area (Å²) in [5.74, 6) is 0. The van der Waals surface area contributed by atoms with Crippen molar-refractivity contribution in [2.45, 2.75) is 43.9 Å². The van der Waals surface area contributed by atoms with Gasteiger partial charge in [0.15, 0.2) is 0 Å². The highest BCUT2D eigenvalue weighted by molar-refractivity contribution is 5.13. The van der Waals surface area contributed by atoms with Gasteiger partial charge in [-0.2, -0.15) is 0 Å². The maximum absolute atomic E-state index is 10.5. The Morgan fingerprint density at radius 3 is 2.79 bits per heavy atom. The van der Waals surface area contributed by atoms with Crippen LogP contribution in [0.5, 0.6) is 0 Å². The fraction of sp³-hybridized carbons (Fsp3) is 0.818. The maximum Gasteiger partial charge on any atom is 0.0959 e. The average molecular weight is 196 g/mol. The van der Waals surface area contributed by atoms with Gasteiger partial charge in [0.05, 0.1) is 11.6 Å². The predicted octanol–water partition coefficient (Wildman–Crippen LogP) is 0.407. The van der Waals surface area contributed by atoms with Crippen LogP contribution in [0.2, 0.25) is 0 Å². The zero-order chi connectivity index (χ0) is 10.0. The minimum atomic E-state index is -0.659. The quantitative estimate of drug-likeness (QED) is 0.560. The lowest BCUT2D eigenvalue weighted by molar-refractivity contribution is -0.00757. The van der Waals surface area contributed by atoms with E-state index in [1.54, 1.807) is 0 Å². The molecule has 3 nitrogen and oxygen atoms in total. The summed E-state index contributed by atoms with van der Waals surface area (Å²) >= 11 is 0. The summed E-state index contributed by atoms with van der Waals surface area (Å²) in [5.41, 5.74) is -0.659. The third-order valence-corrected chi connectivity index (χ3v) is 3.43. The molecule has 3 N–H and O–H groups in total. The maximum atomic E-state index is 10.5. The summed E-state index contributed by atoms with van der Waals surface area (Å²) in [6.07, 6.45) is 7.71. The Balaban J connectivity index is 2.01. The van der Waals surface area contributed by atoms with Crippen LogP contribution < -0.4 is 10.6 Å². The van der Waals surface area contributed by atoms with Crippen molar-refractivity contribution >= 4 is 0 Å². The number of piperidine rings is 1. The van der Waals surface area contributed by atoms with E-state index >= 15 is 0 Å². The molecule has 1 saturated heterocycles. The highest BCUT2D eigenvalue weighted by Crippen LogP contribution is 2.24. The van der Waals surface area contributed by atoms with Gasteiger partial charge in [-0.05, 0) is 26.3 Å². The largest absolute Gasteiger partial charge is 0.387 e. The van der Waals surface area contributed by atoms with Crippen LogP contribution in [-0.4, -0.2) is 35.9 Å². The Morgan fingerprint density at radius 2 is 2.21 bits per heavy atom. The lowest BCUT2D eigenvalue weighted by Crippen LogP contribution is -2.59. The van der Waals surface area contributed by atoms with E-state index in [0.717, 1.165) is 19.5 Å². The predicted molar refractivity (Wildman–Crippen MR) is 57.2 cm³/mol. The first kappa shape index (κ1) is 10.1. The molecule has 0 aromatic heterocycles. The number of aliphatic hydroxyl groups is 1. The van der Waals surface area contributed by atoms with Gasteiger partial charge < -0.3 is 15.7 Å². The molecule has 2 aliphatic heterocycles. The smallest absolute Gasteiger partial charge is 0.0959 e. The van der Waals surface area contributed by atoms with E-state index in [-0.39, 0.29) is 12.1 Å². The summed E-state index contributed by atoms with van der Waals surface area (Å²) in [5, 5.41) is 17.2. The Kier molecular flexibility index (Phi) is 2.91. The average Bonchev–Trinajstić information content (AvgIpc) is 2.72. The SMILES string of the molecule is CC(O)(C1C=CCN1)C1CCCCN1. The zero-order valence-electron chi connectivity index (χ0n) is 8.79. The summed E-state index contributed by atoms with van der Waals surface area (Å²) in [4.78, 5) is 0. The summed E-state index contributed by atoms with van der Waals surface area (Å²) in [6.45, 7) is 3.86. The van der Waals surface area contributed by atoms with E-state index in [4.69, 9.17) is 0 Å². The summed E-state index contributed by atoms with van der Waals surface area (Å²) < 4.78 is 0. The van der Waals surface area contributed by atoms with Crippen molar-refractivity contribution in [3.05, 3.63) is 12.2 Å². The van der Waals surface area contributed by atoms with E-state index in [2.05, 4.69) is 22.8 Å². The second-order valence-electron chi connectivity index (χ2n) is 4.54. The molecule has 0 aromatic carbocycles. The van der Waals surface area contributed by atoms with Gasteiger partial charge in [-0.1, -0.05) is 18.6 Å². The molecule has 2 rings (SSSR count). The van der Waals surface area contributed by atoms with Gasteiger partial charge in [-0.15, -0.1) is 0 Å². The Labute approximate surface area is 85.6 Å². The Morgan fingerprint density at radius 1 is 1.36 bits per heavy atom. The lowest BCUT2D eigenvalue weighted by Gasteiger charge is -2.40. The molecule has 3 atom stereocenters. The first-order chi connectivity index (χ1) is 6.71.